The van der Waals surface area contributed by atoms with Crippen LogP contribution in [0.4, 0.5) is 4.79 Å². The minimum atomic E-state index is -0.563. The first-order valence-corrected chi connectivity index (χ1v) is 9.30. The summed E-state index contributed by atoms with van der Waals surface area (Å²) in [5, 5.41) is 5.68. The standard InChI is InChI=1S/C20H27N3O4/c1-13-6-4-5-11-23(13)12-16-17(19(24)27-3)18(22-20(25)21-16)14-7-9-15(26-2)10-8-14/h7-10,13,18H,4-6,11-12H2,1-3H3,(H2,21,22,25). The summed E-state index contributed by atoms with van der Waals surface area (Å²) in [6.07, 6.45) is 3.46. The van der Waals surface area contributed by atoms with Crippen molar-refractivity contribution < 1.29 is 19.1 Å². The molecule has 7 nitrogen and oxygen atoms in total. The number of esters is 1. The summed E-state index contributed by atoms with van der Waals surface area (Å²) in [7, 11) is 2.96. The summed E-state index contributed by atoms with van der Waals surface area (Å²) < 4.78 is 10.2. The van der Waals surface area contributed by atoms with Crippen molar-refractivity contribution >= 4 is 12.0 Å². The van der Waals surface area contributed by atoms with Crippen molar-refractivity contribution in [1.82, 2.24) is 15.5 Å². The number of ether oxygens (including phenoxy) is 2. The zero-order valence-electron chi connectivity index (χ0n) is 16.1. The molecule has 7 heteroatoms. The number of methoxy groups -OCH3 is 2. The molecule has 1 aromatic rings. The number of carbonyl (C=O) groups is 2. The molecule has 27 heavy (non-hydrogen) atoms. The zero-order chi connectivity index (χ0) is 19.4. The quantitative estimate of drug-likeness (QED) is 0.775. The molecule has 0 saturated carbocycles. The van der Waals surface area contributed by atoms with Crippen LogP contribution in [0.1, 0.15) is 37.8 Å². The highest BCUT2D eigenvalue weighted by atomic mass is 16.5. The van der Waals surface area contributed by atoms with E-state index in [0.29, 0.717) is 29.6 Å². The highest BCUT2D eigenvalue weighted by molar-refractivity contribution is 5.95. The molecule has 2 atom stereocenters. The minimum Gasteiger partial charge on any atom is -0.497 e. The Kier molecular flexibility index (Phi) is 6.01. The fraction of sp³-hybridized carbons (Fsp3) is 0.500. The van der Waals surface area contributed by atoms with Crippen LogP contribution >= 0.6 is 0 Å². The van der Waals surface area contributed by atoms with Gasteiger partial charge in [0.05, 0.1) is 25.8 Å². The van der Waals surface area contributed by atoms with E-state index >= 15 is 0 Å². The smallest absolute Gasteiger partial charge is 0.338 e. The second-order valence-corrected chi connectivity index (χ2v) is 7.00. The van der Waals surface area contributed by atoms with E-state index < -0.39 is 12.0 Å². The van der Waals surface area contributed by atoms with Crippen LogP contribution in [0, 0.1) is 0 Å². The molecule has 2 amide bonds. The summed E-state index contributed by atoms with van der Waals surface area (Å²) in [5.74, 6) is 0.271. The number of nitrogens with zero attached hydrogens (tertiary/aromatic N) is 1. The van der Waals surface area contributed by atoms with Gasteiger partial charge in [-0.25, -0.2) is 9.59 Å². The van der Waals surface area contributed by atoms with Crippen LogP contribution in [0.3, 0.4) is 0 Å². The molecule has 0 aromatic heterocycles. The Morgan fingerprint density at radius 1 is 1.22 bits per heavy atom. The van der Waals surface area contributed by atoms with Gasteiger partial charge in [0.15, 0.2) is 0 Å². The zero-order valence-corrected chi connectivity index (χ0v) is 16.1. The van der Waals surface area contributed by atoms with Gasteiger partial charge in [0.1, 0.15) is 5.75 Å². The van der Waals surface area contributed by atoms with Crippen molar-refractivity contribution in [3.8, 4) is 5.75 Å². The molecule has 2 unspecified atom stereocenters. The Balaban J connectivity index is 1.97. The molecule has 1 aromatic carbocycles. The second-order valence-electron chi connectivity index (χ2n) is 7.00. The Hall–Kier alpha value is -2.54. The SMILES string of the molecule is COC(=O)C1=C(CN2CCCCC2C)NC(=O)NC1c1ccc(OC)cc1. The third-order valence-corrected chi connectivity index (χ3v) is 5.31. The van der Waals surface area contributed by atoms with Crippen LogP contribution < -0.4 is 15.4 Å². The Bertz CT molecular complexity index is 729. The molecule has 2 N–H and O–H groups in total. The van der Waals surface area contributed by atoms with E-state index in [1.807, 2.05) is 24.3 Å². The van der Waals surface area contributed by atoms with Gasteiger partial charge in [-0.2, -0.15) is 0 Å². The largest absolute Gasteiger partial charge is 0.497 e. The number of likely N-dealkylation sites (tertiary alicyclic amines) is 1. The molecule has 146 valence electrons. The summed E-state index contributed by atoms with van der Waals surface area (Å²) >= 11 is 0. The Morgan fingerprint density at radius 2 is 1.96 bits per heavy atom. The van der Waals surface area contributed by atoms with Gasteiger partial charge in [0.25, 0.3) is 0 Å². The van der Waals surface area contributed by atoms with Crippen molar-refractivity contribution in [2.45, 2.75) is 38.3 Å². The van der Waals surface area contributed by atoms with E-state index in [9.17, 15) is 9.59 Å². The van der Waals surface area contributed by atoms with Gasteiger partial charge in [-0.3, -0.25) is 4.90 Å². The number of hydrogen-bond donors (Lipinski definition) is 2. The van der Waals surface area contributed by atoms with E-state index in [-0.39, 0.29) is 6.03 Å². The number of benzene rings is 1. The van der Waals surface area contributed by atoms with Crippen molar-refractivity contribution in [3.63, 3.8) is 0 Å². The topological polar surface area (TPSA) is 79.9 Å². The fourth-order valence-corrected chi connectivity index (χ4v) is 3.74. The van der Waals surface area contributed by atoms with E-state index in [1.54, 1.807) is 7.11 Å². The van der Waals surface area contributed by atoms with Crippen LogP contribution in [0.5, 0.6) is 5.75 Å². The van der Waals surface area contributed by atoms with Crippen LogP contribution in [-0.4, -0.2) is 50.3 Å². The highest BCUT2D eigenvalue weighted by Crippen LogP contribution is 2.30. The van der Waals surface area contributed by atoms with Gasteiger partial charge in [-0.1, -0.05) is 18.6 Å². The van der Waals surface area contributed by atoms with Gasteiger partial charge in [-0.05, 0) is 44.0 Å². The lowest BCUT2D eigenvalue weighted by Crippen LogP contribution is -2.50. The van der Waals surface area contributed by atoms with Gasteiger partial charge in [0, 0.05) is 18.3 Å². The third-order valence-electron chi connectivity index (χ3n) is 5.31. The summed E-state index contributed by atoms with van der Waals surface area (Å²) in [6, 6.07) is 6.85. The van der Waals surface area contributed by atoms with Gasteiger partial charge < -0.3 is 20.1 Å². The Labute approximate surface area is 159 Å². The fourth-order valence-electron chi connectivity index (χ4n) is 3.74. The normalized spacial score (nSPS) is 23.4. The summed E-state index contributed by atoms with van der Waals surface area (Å²) in [6.45, 7) is 3.66. The molecule has 3 rings (SSSR count). The van der Waals surface area contributed by atoms with Crippen LogP contribution in [0.25, 0.3) is 0 Å². The molecule has 2 aliphatic rings. The average molecular weight is 373 g/mol. The van der Waals surface area contributed by atoms with Gasteiger partial charge >= 0.3 is 12.0 Å². The van der Waals surface area contributed by atoms with Crippen molar-refractivity contribution in [3.05, 3.63) is 41.1 Å². The first kappa shape index (κ1) is 19.2. The number of piperidine rings is 1. The van der Waals surface area contributed by atoms with Crippen LogP contribution in [0.2, 0.25) is 0 Å². The monoisotopic (exact) mass is 373 g/mol. The lowest BCUT2D eigenvalue weighted by atomic mass is 9.94. The molecule has 0 spiro atoms. The van der Waals surface area contributed by atoms with Crippen LogP contribution in [0.15, 0.2) is 35.5 Å². The predicted molar refractivity (Wildman–Crippen MR) is 101 cm³/mol. The van der Waals surface area contributed by atoms with Crippen molar-refractivity contribution in [2.75, 3.05) is 27.3 Å². The molecule has 0 aliphatic carbocycles. The number of carbonyl (C=O) groups excluding carboxylic acids is 2. The van der Waals surface area contributed by atoms with E-state index in [1.165, 1.54) is 13.5 Å². The van der Waals surface area contributed by atoms with E-state index in [0.717, 1.165) is 24.9 Å². The number of hydrogen-bond acceptors (Lipinski definition) is 5. The molecular weight excluding hydrogens is 346 g/mol. The van der Waals surface area contributed by atoms with Gasteiger partial charge in [0.2, 0.25) is 0 Å². The number of rotatable bonds is 5. The summed E-state index contributed by atoms with van der Waals surface area (Å²) in [5.41, 5.74) is 1.86. The first-order chi connectivity index (χ1) is 13.0. The van der Waals surface area contributed by atoms with Gasteiger partial charge in [-0.15, -0.1) is 0 Å². The molecule has 2 aliphatic heterocycles. The molecule has 1 fully saturated rings. The maximum Gasteiger partial charge on any atom is 0.338 e. The number of nitrogens with one attached hydrogen (secondary N) is 2. The van der Waals surface area contributed by atoms with Crippen molar-refractivity contribution in [1.29, 1.82) is 0 Å². The third kappa shape index (κ3) is 4.24. The molecule has 0 bridgehead atoms. The van der Waals surface area contributed by atoms with Crippen LogP contribution in [-0.2, 0) is 9.53 Å². The predicted octanol–water partition coefficient (Wildman–Crippen LogP) is 2.35. The maximum atomic E-state index is 12.6. The first-order valence-electron chi connectivity index (χ1n) is 9.30. The Morgan fingerprint density at radius 3 is 2.59 bits per heavy atom. The van der Waals surface area contributed by atoms with E-state index in [4.69, 9.17) is 9.47 Å². The maximum absolute atomic E-state index is 12.6. The van der Waals surface area contributed by atoms with Crippen molar-refractivity contribution in [2.24, 2.45) is 0 Å². The minimum absolute atomic E-state index is 0.317. The summed E-state index contributed by atoms with van der Waals surface area (Å²) in [4.78, 5) is 27.2. The second kappa shape index (κ2) is 8.43. The molecule has 1 saturated heterocycles. The molecular formula is C20H27N3O4. The highest BCUT2D eigenvalue weighted by Gasteiger charge is 2.34. The number of urea groups is 1. The molecule has 0 radical (unpaired) electrons. The number of amides is 2. The lowest BCUT2D eigenvalue weighted by Gasteiger charge is -2.36. The van der Waals surface area contributed by atoms with E-state index in [2.05, 4.69) is 22.5 Å². The lowest BCUT2D eigenvalue weighted by molar-refractivity contribution is -0.136. The average Bonchev–Trinajstić information content (AvgIpc) is 2.69. The molecule has 2 heterocycles.